The SMILES string of the molecule is CC(C)c1cccc([C@@H](C)NC(=O)c2cn(CCC3(F)CCC3)c(=O)cc2N[C@@H]2CCN(C)C[C@@H]2F)c1F. The molecule has 38 heavy (non-hydrogen) atoms. The normalized spacial score (nSPS) is 22.1. The Bertz CT molecular complexity index is 1210. The van der Waals surface area contributed by atoms with Crippen LogP contribution in [-0.4, -0.2) is 53.4 Å². The molecule has 208 valence electrons. The lowest BCUT2D eigenvalue weighted by atomic mass is 9.79. The largest absolute Gasteiger partial charge is 0.378 e. The highest BCUT2D eigenvalue weighted by atomic mass is 19.1. The van der Waals surface area contributed by atoms with Gasteiger partial charge in [-0.25, -0.2) is 13.2 Å². The van der Waals surface area contributed by atoms with E-state index in [4.69, 9.17) is 0 Å². The number of amides is 1. The minimum absolute atomic E-state index is 0.0186. The number of pyridine rings is 1. The number of halogens is 3. The highest BCUT2D eigenvalue weighted by Crippen LogP contribution is 2.39. The third kappa shape index (κ3) is 6.25. The van der Waals surface area contributed by atoms with Crippen LogP contribution in [0.4, 0.5) is 18.9 Å². The smallest absolute Gasteiger partial charge is 0.255 e. The van der Waals surface area contributed by atoms with E-state index in [2.05, 4.69) is 10.6 Å². The molecule has 1 amide bonds. The van der Waals surface area contributed by atoms with Crippen LogP contribution in [-0.2, 0) is 6.54 Å². The summed E-state index contributed by atoms with van der Waals surface area (Å²) >= 11 is 0. The first-order chi connectivity index (χ1) is 18.0. The molecule has 2 heterocycles. The van der Waals surface area contributed by atoms with Crippen LogP contribution in [0.15, 0.2) is 35.3 Å². The molecule has 0 bridgehead atoms. The lowest BCUT2D eigenvalue weighted by Crippen LogP contribution is -2.46. The number of nitrogens with one attached hydrogen (secondary N) is 2. The average Bonchev–Trinajstić information content (AvgIpc) is 2.83. The number of hydrogen-bond acceptors (Lipinski definition) is 4. The van der Waals surface area contributed by atoms with Crippen molar-refractivity contribution in [3.8, 4) is 0 Å². The molecular weight excluding hydrogens is 493 g/mol. The fourth-order valence-electron chi connectivity index (χ4n) is 5.30. The van der Waals surface area contributed by atoms with Crippen molar-refractivity contribution in [3.05, 3.63) is 63.3 Å². The van der Waals surface area contributed by atoms with Gasteiger partial charge in [-0.2, -0.15) is 0 Å². The standard InChI is InChI=1S/C29H39F3N4O2/c1-18(2)20-7-5-8-21(27(20)31)19(3)33-28(38)22-16-36(14-12-29(32)10-6-11-29)26(37)15-25(22)34-24-9-13-35(4)17-23(24)30/h5,7-8,15-16,18-19,23-24,34H,6,9-14,17H2,1-4H3,(H,33,38)/t19-,23+,24-/m1/s1. The highest BCUT2D eigenvalue weighted by molar-refractivity contribution is 5.99. The lowest BCUT2D eigenvalue weighted by molar-refractivity contribution is 0.0488. The predicted molar refractivity (Wildman–Crippen MR) is 144 cm³/mol. The van der Waals surface area contributed by atoms with Crippen molar-refractivity contribution in [2.24, 2.45) is 0 Å². The Kier molecular flexibility index (Phi) is 8.55. The maximum atomic E-state index is 15.2. The first kappa shape index (κ1) is 28.2. The van der Waals surface area contributed by atoms with Gasteiger partial charge in [-0.15, -0.1) is 0 Å². The van der Waals surface area contributed by atoms with Crippen LogP contribution in [0.2, 0.25) is 0 Å². The van der Waals surface area contributed by atoms with Crippen LogP contribution in [0.3, 0.4) is 0 Å². The number of piperidine rings is 1. The Labute approximate surface area is 222 Å². The van der Waals surface area contributed by atoms with Crippen molar-refractivity contribution in [3.63, 3.8) is 0 Å². The fraction of sp³-hybridized carbons (Fsp3) is 0.586. The zero-order chi connectivity index (χ0) is 27.6. The predicted octanol–water partition coefficient (Wildman–Crippen LogP) is 5.34. The van der Waals surface area contributed by atoms with Gasteiger partial charge in [0.1, 0.15) is 17.7 Å². The van der Waals surface area contributed by atoms with Gasteiger partial charge in [0.05, 0.1) is 23.3 Å². The summed E-state index contributed by atoms with van der Waals surface area (Å²) in [4.78, 5) is 28.3. The number of carbonyl (C=O) groups is 1. The average molecular weight is 533 g/mol. The third-order valence-corrected chi connectivity index (χ3v) is 8.00. The summed E-state index contributed by atoms with van der Waals surface area (Å²) in [5.41, 5.74) is -0.378. The number of aromatic nitrogens is 1. The first-order valence-electron chi connectivity index (χ1n) is 13.6. The van der Waals surface area contributed by atoms with Crippen molar-refractivity contribution in [2.45, 2.75) is 89.3 Å². The van der Waals surface area contributed by atoms with E-state index in [-0.39, 0.29) is 48.1 Å². The summed E-state index contributed by atoms with van der Waals surface area (Å²) in [5.74, 6) is -0.904. The van der Waals surface area contributed by atoms with Crippen molar-refractivity contribution in [1.29, 1.82) is 0 Å². The van der Waals surface area contributed by atoms with Crippen LogP contribution >= 0.6 is 0 Å². The molecule has 1 saturated carbocycles. The van der Waals surface area contributed by atoms with Gasteiger partial charge in [0, 0.05) is 37.5 Å². The van der Waals surface area contributed by atoms with E-state index in [1.54, 1.807) is 25.1 Å². The summed E-state index contributed by atoms with van der Waals surface area (Å²) in [6.07, 6.45) is 2.71. The maximum Gasteiger partial charge on any atom is 0.255 e. The molecule has 0 spiro atoms. The van der Waals surface area contributed by atoms with Crippen LogP contribution in [0.5, 0.6) is 0 Å². The molecule has 1 aliphatic carbocycles. The topological polar surface area (TPSA) is 66.4 Å². The van der Waals surface area contributed by atoms with E-state index in [1.165, 1.54) is 16.8 Å². The minimum Gasteiger partial charge on any atom is -0.378 e. The van der Waals surface area contributed by atoms with E-state index >= 15 is 4.39 Å². The second-order valence-electron chi connectivity index (χ2n) is 11.3. The Morgan fingerprint density at radius 3 is 2.55 bits per heavy atom. The van der Waals surface area contributed by atoms with Gasteiger partial charge in [0.2, 0.25) is 0 Å². The number of benzene rings is 1. The number of carbonyl (C=O) groups excluding carboxylic acids is 1. The van der Waals surface area contributed by atoms with Crippen LogP contribution < -0.4 is 16.2 Å². The molecule has 6 nitrogen and oxygen atoms in total. The van der Waals surface area contributed by atoms with E-state index in [1.807, 2.05) is 25.8 Å². The number of alkyl halides is 2. The molecule has 1 aromatic carbocycles. The van der Waals surface area contributed by atoms with E-state index in [0.29, 0.717) is 36.9 Å². The van der Waals surface area contributed by atoms with E-state index in [0.717, 1.165) is 6.42 Å². The van der Waals surface area contributed by atoms with Crippen LogP contribution in [0.25, 0.3) is 0 Å². The first-order valence-corrected chi connectivity index (χ1v) is 13.6. The minimum atomic E-state index is -1.28. The van der Waals surface area contributed by atoms with Gasteiger partial charge in [-0.1, -0.05) is 32.0 Å². The lowest BCUT2D eigenvalue weighted by Gasteiger charge is -2.34. The number of nitrogens with zero attached hydrogens (tertiary/aromatic N) is 2. The molecule has 0 unspecified atom stereocenters. The van der Waals surface area contributed by atoms with Crippen LogP contribution in [0, 0.1) is 5.82 Å². The molecule has 2 fully saturated rings. The Morgan fingerprint density at radius 1 is 1.21 bits per heavy atom. The Hall–Kier alpha value is -2.81. The van der Waals surface area contributed by atoms with Crippen LogP contribution in [0.1, 0.15) is 86.3 Å². The van der Waals surface area contributed by atoms with Crippen molar-refractivity contribution in [2.75, 3.05) is 25.5 Å². The molecular formula is C29H39F3N4O2. The Balaban J connectivity index is 1.61. The molecule has 3 atom stereocenters. The van der Waals surface area contributed by atoms with Gasteiger partial charge < -0.3 is 20.1 Å². The maximum absolute atomic E-state index is 15.2. The second-order valence-corrected chi connectivity index (χ2v) is 11.3. The highest BCUT2D eigenvalue weighted by Gasteiger charge is 2.36. The fourth-order valence-corrected chi connectivity index (χ4v) is 5.30. The molecule has 1 aromatic heterocycles. The molecule has 1 saturated heterocycles. The molecule has 4 rings (SSSR count). The molecule has 2 N–H and O–H groups in total. The van der Waals surface area contributed by atoms with Gasteiger partial charge >= 0.3 is 0 Å². The number of rotatable bonds is 9. The molecule has 1 aliphatic heterocycles. The second kappa shape index (κ2) is 11.5. The van der Waals surface area contributed by atoms with E-state index in [9.17, 15) is 18.4 Å². The zero-order valence-corrected chi connectivity index (χ0v) is 22.7. The number of anilines is 1. The summed E-state index contributed by atoms with van der Waals surface area (Å²) in [6.45, 7) is 6.56. The molecule has 2 aliphatic rings. The van der Waals surface area contributed by atoms with Crippen molar-refractivity contribution in [1.82, 2.24) is 14.8 Å². The van der Waals surface area contributed by atoms with Gasteiger partial charge in [0.15, 0.2) is 0 Å². The van der Waals surface area contributed by atoms with Crippen molar-refractivity contribution >= 4 is 11.6 Å². The number of likely N-dealkylation sites (tertiary alicyclic amines) is 1. The zero-order valence-electron chi connectivity index (χ0n) is 22.7. The van der Waals surface area contributed by atoms with Gasteiger partial charge in [0.25, 0.3) is 11.5 Å². The van der Waals surface area contributed by atoms with Gasteiger partial charge in [-0.05, 0) is 57.6 Å². The number of aryl methyl sites for hydroxylation is 1. The van der Waals surface area contributed by atoms with Crippen molar-refractivity contribution < 1.29 is 18.0 Å². The quantitative estimate of drug-likeness (QED) is 0.458. The summed E-state index contributed by atoms with van der Waals surface area (Å²) < 4.78 is 46.0. The van der Waals surface area contributed by atoms with Gasteiger partial charge in [-0.3, -0.25) is 9.59 Å². The third-order valence-electron chi connectivity index (χ3n) is 8.00. The molecule has 2 aromatic rings. The number of hydrogen-bond donors (Lipinski definition) is 2. The van der Waals surface area contributed by atoms with E-state index < -0.39 is 29.8 Å². The summed E-state index contributed by atoms with van der Waals surface area (Å²) in [5, 5.41) is 5.93. The monoisotopic (exact) mass is 532 g/mol. The summed E-state index contributed by atoms with van der Waals surface area (Å²) in [6, 6.07) is 5.20. The summed E-state index contributed by atoms with van der Waals surface area (Å²) in [7, 11) is 1.84. The molecule has 0 radical (unpaired) electrons. The molecule has 9 heteroatoms. The Morgan fingerprint density at radius 2 is 1.92 bits per heavy atom.